The SMILES string of the molecule is Cc1cc(Cl)nc2c(OCC(=O)[O-])c[nH]c12.[K+]. The molecule has 0 aliphatic heterocycles. The molecule has 0 saturated heterocycles. The number of aromatic amines is 1. The Balaban J connectivity index is 0.00000144. The molecule has 0 aliphatic rings. The van der Waals surface area contributed by atoms with Crippen LogP contribution in [0.2, 0.25) is 5.15 Å². The van der Waals surface area contributed by atoms with Gasteiger partial charge < -0.3 is 19.6 Å². The Morgan fingerprint density at radius 3 is 3.00 bits per heavy atom. The smallest absolute Gasteiger partial charge is 0.546 e. The Morgan fingerprint density at radius 2 is 2.35 bits per heavy atom. The number of pyridine rings is 1. The van der Waals surface area contributed by atoms with Gasteiger partial charge in [0.25, 0.3) is 0 Å². The number of carbonyl (C=O) groups excluding carboxylic acids is 1. The molecule has 5 nitrogen and oxygen atoms in total. The predicted molar refractivity (Wildman–Crippen MR) is 56.3 cm³/mol. The Bertz CT molecular complexity index is 556. The second-order valence-corrected chi connectivity index (χ2v) is 3.69. The van der Waals surface area contributed by atoms with Gasteiger partial charge in [0.1, 0.15) is 17.3 Å². The van der Waals surface area contributed by atoms with Crippen molar-refractivity contribution in [2.45, 2.75) is 6.92 Å². The Morgan fingerprint density at radius 1 is 1.65 bits per heavy atom. The average molecular weight is 279 g/mol. The molecule has 0 bridgehead atoms. The summed E-state index contributed by atoms with van der Waals surface area (Å²) in [4.78, 5) is 17.3. The topological polar surface area (TPSA) is 78.0 Å². The number of nitrogens with zero attached hydrogens (tertiary/aromatic N) is 1. The van der Waals surface area contributed by atoms with Crippen molar-refractivity contribution in [1.29, 1.82) is 0 Å². The maximum absolute atomic E-state index is 10.3. The number of carboxylic acids is 1. The zero-order valence-electron chi connectivity index (χ0n) is 9.41. The predicted octanol–water partition coefficient (Wildman–Crippen LogP) is -2.34. The van der Waals surface area contributed by atoms with Crippen LogP contribution in [0, 0.1) is 6.92 Å². The number of carbonyl (C=O) groups is 1. The van der Waals surface area contributed by atoms with E-state index in [2.05, 4.69) is 9.97 Å². The van der Waals surface area contributed by atoms with E-state index in [-0.39, 0.29) is 51.4 Å². The molecule has 0 aliphatic carbocycles. The summed E-state index contributed by atoms with van der Waals surface area (Å²) in [6, 6.07) is 1.71. The Hall–Kier alpha value is -0.114. The summed E-state index contributed by atoms with van der Waals surface area (Å²) < 4.78 is 5.02. The molecule has 2 rings (SSSR count). The number of hydrogen-bond acceptors (Lipinski definition) is 4. The zero-order chi connectivity index (χ0) is 11.7. The third-order valence-electron chi connectivity index (χ3n) is 2.11. The van der Waals surface area contributed by atoms with Crippen LogP contribution in [0.25, 0.3) is 11.0 Å². The van der Waals surface area contributed by atoms with Gasteiger partial charge in [-0.2, -0.15) is 0 Å². The second kappa shape index (κ2) is 6.17. The third kappa shape index (κ3) is 3.43. The van der Waals surface area contributed by atoms with Crippen LogP contribution in [0.15, 0.2) is 12.3 Å². The molecule has 2 aromatic heterocycles. The number of aryl methyl sites for hydroxylation is 1. The number of ether oxygens (including phenoxy) is 1. The van der Waals surface area contributed by atoms with Crippen molar-refractivity contribution in [3.63, 3.8) is 0 Å². The molecular formula is C10H8ClKN2O3. The molecule has 2 heterocycles. The zero-order valence-corrected chi connectivity index (χ0v) is 13.3. The Kier molecular flexibility index (Phi) is 5.42. The molecule has 0 fully saturated rings. The summed E-state index contributed by atoms with van der Waals surface area (Å²) in [7, 11) is 0. The van der Waals surface area contributed by atoms with Gasteiger partial charge in [0.2, 0.25) is 0 Å². The number of fused-ring (bicyclic) bond motifs is 1. The Labute approximate surface area is 145 Å². The van der Waals surface area contributed by atoms with E-state index in [1.165, 1.54) is 0 Å². The van der Waals surface area contributed by atoms with Crippen LogP contribution in [0.1, 0.15) is 5.56 Å². The molecular weight excluding hydrogens is 271 g/mol. The van der Waals surface area contributed by atoms with E-state index in [1.807, 2.05) is 6.92 Å². The van der Waals surface area contributed by atoms with Gasteiger partial charge in [-0.3, -0.25) is 0 Å². The summed E-state index contributed by atoms with van der Waals surface area (Å²) in [6.45, 7) is 1.36. The summed E-state index contributed by atoms with van der Waals surface area (Å²) in [5.41, 5.74) is 2.21. The molecule has 0 aromatic carbocycles. The van der Waals surface area contributed by atoms with Gasteiger partial charge in [0.05, 0.1) is 11.5 Å². The first-order valence-electron chi connectivity index (χ1n) is 4.55. The van der Waals surface area contributed by atoms with Crippen molar-refractivity contribution in [2.24, 2.45) is 0 Å². The minimum absolute atomic E-state index is 0. The fourth-order valence-electron chi connectivity index (χ4n) is 1.45. The van der Waals surface area contributed by atoms with Crippen molar-refractivity contribution in [1.82, 2.24) is 9.97 Å². The van der Waals surface area contributed by atoms with Crippen LogP contribution in [-0.2, 0) is 4.79 Å². The van der Waals surface area contributed by atoms with Crippen molar-refractivity contribution >= 4 is 28.6 Å². The van der Waals surface area contributed by atoms with Gasteiger partial charge in [-0.1, -0.05) is 11.6 Å². The van der Waals surface area contributed by atoms with Gasteiger partial charge in [0, 0.05) is 6.20 Å². The third-order valence-corrected chi connectivity index (χ3v) is 2.31. The van der Waals surface area contributed by atoms with Gasteiger partial charge in [-0.25, -0.2) is 4.98 Å². The van der Waals surface area contributed by atoms with E-state index in [0.717, 1.165) is 11.1 Å². The molecule has 0 radical (unpaired) electrons. The number of rotatable bonds is 3. The van der Waals surface area contributed by atoms with Crippen molar-refractivity contribution in [3.8, 4) is 5.75 Å². The summed E-state index contributed by atoms with van der Waals surface area (Å²) >= 11 is 5.81. The number of carboxylic acid groups (broad SMARTS) is 1. The molecule has 0 unspecified atom stereocenters. The standard InChI is InChI=1S/C10H9ClN2O3.K/c1-5-2-7(11)13-10-6(3-12-9(5)10)16-4-8(14)15;/h2-3,12H,4H2,1H3,(H,14,15);/q;+1/p-1. The average Bonchev–Trinajstić information content (AvgIpc) is 2.58. The molecule has 0 amide bonds. The number of hydrogen-bond donors (Lipinski definition) is 1. The van der Waals surface area contributed by atoms with E-state index >= 15 is 0 Å². The van der Waals surface area contributed by atoms with Crippen LogP contribution >= 0.6 is 11.6 Å². The summed E-state index contributed by atoms with van der Waals surface area (Å²) in [5.74, 6) is -0.932. The van der Waals surface area contributed by atoms with Crippen molar-refractivity contribution in [3.05, 3.63) is 23.0 Å². The van der Waals surface area contributed by atoms with E-state index in [9.17, 15) is 9.90 Å². The molecule has 0 spiro atoms. The summed E-state index contributed by atoms with van der Waals surface area (Å²) in [6.07, 6.45) is 1.55. The first-order chi connectivity index (χ1) is 7.58. The fourth-order valence-corrected chi connectivity index (χ4v) is 1.69. The minimum Gasteiger partial charge on any atom is -0.546 e. The van der Waals surface area contributed by atoms with Crippen molar-refractivity contribution < 1.29 is 66.0 Å². The van der Waals surface area contributed by atoms with Crippen LogP contribution in [0.3, 0.4) is 0 Å². The molecule has 2 aromatic rings. The van der Waals surface area contributed by atoms with Crippen LogP contribution in [0.4, 0.5) is 0 Å². The first kappa shape index (κ1) is 14.9. The van der Waals surface area contributed by atoms with Gasteiger partial charge in [-0.15, -0.1) is 0 Å². The summed E-state index contributed by atoms with van der Waals surface area (Å²) in [5, 5.41) is 10.6. The number of H-pyrrole nitrogens is 1. The molecule has 1 N–H and O–H groups in total. The number of aromatic nitrogens is 2. The van der Waals surface area contributed by atoms with E-state index < -0.39 is 12.6 Å². The van der Waals surface area contributed by atoms with E-state index in [1.54, 1.807) is 12.3 Å². The number of nitrogens with one attached hydrogen (secondary N) is 1. The quantitative estimate of drug-likeness (QED) is 0.504. The molecule has 84 valence electrons. The number of aliphatic carboxylic acids is 1. The molecule has 17 heavy (non-hydrogen) atoms. The van der Waals surface area contributed by atoms with Gasteiger partial charge >= 0.3 is 51.4 Å². The van der Waals surface area contributed by atoms with Crippen LogP contribution in [-0.4, -0.2) is 22.5 Å². The van der Waals surface area contributed by atoms with Gasteiger partial charge in [-0.05, 0) is 18.6 Å². The monoisotopic (exact) mass is 278 g/mol. The fraction of sp³-hybridized carbons (Fsp3) is 0.200. The van der Waals surface area contributed by atoms with Crippen molar-refractivity contribution in [2.75, 3.05) is 6.61 Å². The first-order valence-corrected chi connectivity index (χ1v) is 4.92. The molecule has 0 saturated carbocycles. The van der Waals surface area contributed by atoms with Crippen LogP contribution < -0.4 is 61.2 Å². The second-order valence-electron chi connectivity index (χ2n) is 3.30. The molecule has 0 atom stereocenters. The van der Waals surface area contributed by atoms with Gasteiger partial charge in [0.15, 0.2) is 5.75 Å². The number of halogens is 1. The largest absolute Gasteiger partial charge is 1.00 e. The molecule has 7 heteroatoms. The normalized spacial score (nSPS) is 10.0. The van der Waals surface area contributed by atoms with E-state index in [4.69, 9.17) is 16.3 Å². The maximum Gasteiger partial charge on any atom is 1.00 e. The van der Waals surface area contributed by atoms with Crippen LogP contribution in [0.5, 0.6) is 5.75 Å². The minimum atomic E-state index is -1.28. The van der Waals surface area contributed by atoms with E-state index in [0.29, 0.717) is 16.4 Å². The maximum atomic E-state index is 10.3.